The van der Waals surface area contributed by atoms with Gasteiger partial charge in [-0.15, -0.1) is 0 Å². The number of hydrogen-bond donors (Lipinski definition) is 1. The molecule has 52 valence electrons. The molecule has 0 aromatic rings. The molecule has 2 nitrogen and oxygen atoms in total. The number of nitrogens with one attached hydrogen (secondary N) is 1. The molecule has 0 bridgehead atoms. The quantitative estimate of drug-likeness (QED) is 0.559. The second-order valence-electron chi connectivity index (χ2n) is 2.45. The van der Waals surface area contributed by atoms with Crippen LogP contribution in [0.3, 0.4) is 0 Å². The summed E-state index contributed by atoms with van der Waals surface area (Å²) in [7, 11) is 0. The largest absolute Gasteiger partial charge is 0.307 e. The molecular weight excluding hydrogens is 112 g/mol. The first-order valence-corrected chi connectivity index (χ1v) is 3.20. The Morgan fingerprint density at radius 1 is 1.33 bits per heavy atom. The minimum atomic E-state index is 0.339. The molecule has 0 aromatic carbocycles. The van der Waals surface area contributed by atoms with Gasteiger partial charge in [-0.3, -0.25) is 4.99 Å². The first kappa shape index (κ1) is 8.34. The molecule has 0 aromatic heterocycles. The molecule has 0 heterocycles. The van der Waals surface area contributed by atoms with Gasteiger partial charge in [-0.1, -0.05) is 13.8 Å². The summed E-state index contributed by atoms with van der Waals surface area (Å²) >= 11 is 0. The molecule has 0 saturated carbocycles. The molecular formula is C7H14N2. The summed E-state index contributed by atoms with van der Waals surface area (Å²) in [6, 6.07) is 0.339. The van der Waals surface area contributed by atoms with E-state index in [9.17, 15) is 0 Å². The summed E-state index contributed by atoms with van der Waals surface area (Å²) < 4.78 is 0. The van der Waals surface area contributed by atoms with E-state index < -0.39 is 0 Å². The van der Waals surface area contributed by atoms with E-state index in [0.29, 0.717) is 12.0 Å². The molecule has 9 heavy (non-hydrogen) atoms. The van der Waals surface area contributed by atoms with Crippen LogP contribution in [0.1, 0.15) is 20.8 Å². The van der Waals surface area contributed by atoms with E-state index in [2.05, 4.69) is 18.8 Å². The van der Waals surface area contributed by atoms with E-state index in [0.717, 1.165) is 0 Å². The summed E-state index contributed by atoms with van der Waals surface area (Å²) in [5, 5.41) is 6.66. The molecule has 1 atom stereocenters. The van der Waals surface area contributed by atoms with E-state index in [-0.39, 0.29) is 0 Å². The van der Waals surface area contributed by atoms with E-state index in [1.165, 1.54) is 12.4 Å². The van der Waals surface area contributed by atoms with Gasteiger partial charge in [-0.25, -0.2) is 0 Å². The average Bonchev–Trinajstić information content (AvgIpc) is 1.82. The fraction of sp³-hybridized carbons (Fsp3) is 0.714. The van der Waals surface area contributed by atoms with Crippen molar-refractivity contribution in [2.24, 2.45) is 10.9 Å². The van der Waals surface area contributed by atoms with Gasteiger partial charge in [-0.05, 0) is 12.8 Å². The van der Waals surface area contributed by atoms with Crippen LogP contribution in [0, 0.1) is 11.3 Å². The van der Waals surface area contributed by atoms with Crippen molar-refractivity contribution in [1.82, 2.24) is 0 Å². The Morgan fingerprint density at radius 2 is 1.89 bits per heavy atom. The lowest BCUT2D eigenvalue weighted by Gasteiger charge is -2.07. The molecule has 0 rings (SSSR count). The maximum Gasteiger partial charge on any atom is 0.0494 e. The predicted octanol–water partition coefficient (Wildman–Crippen LogP) is 1.75. The minimum Gasteiger partial charge on any atom is -0.307 e. The number of aliphatic imine (C=N–C) groups is 1. The maximum absolute atomic E-state index is 6.66. The van der Waals surface area contributed by atoms with E-state index in [4.69, 9.17) is 5.41 Å². The lowest BCUT2D eigenvalue weighted by Crippen LogP contribution is -2.07. The van der Waals surface area contributed by atoms with Crippen molar-refractivity contribution in [3.63, 3.8) is 0 Å². The van der Waals surface area contributed by atoms with Gasteiger partial charge in [0.2, 0.25) is 0 Å². The number of rotatable bonds is 3. The Labute approximate surface area is 56.5 Å². The van der Waals surface area contributed by atoms with Gasteiger partial charge in [0.05, 0.1) is 0 Å². The molecule has 2 heteroatoms. The molecule has 0 spiro atoms. The third kappa shape index (κ3) is 3.88. The lowest BCUT2D eigenvalue weighted by molar-refractivity contribution is 0.533. The van der Waals surface area contributed by atoms with Crippen LogP contribution in [-0.4, -0.2) is 18.5 Å². The molecule has 0 fully saturated rings. The highest BCUT2D eigenvalue weighted by atomic mass is 14.8. The van der Waals surface area contributed by atoms with Crippen molar-refractivity contribution in [1.29, 1.82) is 5.41 Å². The highest BCUT2D eigenvalue weighted by Gasteiger charge is 2.01. The summed E-state index contributed by atoms with van der Waals surface area (Å²) in [6.07, 6.45) is 2.74. The van der Waals surface area contributed by atoms with Crippen LogP contribution in [0.25, 0.3) is 0 Å². The molecule has 0 aliphatic carbocycles. The van der Waals surface area contributed by atoms with E-state index in [1.807, 2.05) is 6.92 Å². The second kappa shape index (κ2) is 4.24. The third-order valence-corrected chi connectivity index (χ3v) is 1.36. The van der Waals surface area contributed by atoms with Gasteiger partial charge in [0.1, 0.15) is 0 Å². The van der Waals surface area contributed by atoms with Crippen LogP contribution >= 0.6 is 0 Å². The van der Waals surface area contributed by atoms with Gasteiger partial charge in [0.15, 0.2) is 0 Å². The van der Waals surface area contributed by atoms with Crippen molar-refractivity contribution >= 4 is 12.4 Å². The zero-order chi connectivity index (χ0) is 7.28. The Balaban J connectivity index is 3.61. The Hall–Kier alpha value is -0.660. The van der Waals surface area contributed by atoms with Gasteiger partial charge in [-0.2, -0.15) is 0 Å². The van der Waals surface area contributed by atoms with Gasteiger partial charge in [0.25, 0.3) is 0 Å². The van der Waals surface area contributed by atoms with Crippen LogP contribution in [0.15, 0.2) is 4.99 Å². The van der Waals surface area contributed by atoms with Gasteiger partial charge < -0.3 is 5.41 Å². The standard InChI is InChI=1S/C7H14N2/c1-6(2)7(3)9-5-4-8/h4-8H,1-3H3. The summed E-state index contributed by atoms with van der Waals surface area (Å²) in [5.41, 5.74) is 0. The second-order valence-corrected chi connectivity index (χ2v) is 2.45. The third-order valence-electron chi connectivity index (χ3n) is 1.36. The van der Waals surface area contributed by atoms with Crippen molar-refractivity contribution in [3.8, 4) is 0 Å². The van der Waals surface area contributed by atoms with Crippen LogP contribution in [0.4, 0.5) is 0 Å². The average molecular weight is 126 g/mol. The van der Waals surface area contributed by atoms with Crippen LogP contribution < -0.4 is 0 Å². The normalized spacial score (nSPS) is 14.7. The first-order chi connectivity index (χ1) is 4.18. The fourth-order valence-corrected chi connectivity index (χ4v) is 0.351. The summed E-state index contributed by atoms with van der Waals surface area (Å²) in [5.74, 6) is 0.571. The van der Waals surface area contributed by atoms with Crippen molar-refractivity contribution in [3.05, 3.63) is 0 Å². The smallest absolute Gasteiger partial charge is 0.0494 e. The molecule has 0 aliphatic heterocycles. The van der Waals surface area contributed by atoms with Crippen molar-refractivity contribution in [2.45, 2.75) is 26.8 Å². The highest BCUT2D eigenvalue weighted by molar-refractivity contribution is 6.14. The molecule has 0 amide bonds. The van der Waals surface area contributed by atoms with Crippen molar-refractivity contribution < 1.29 is 0 Å². The molecule has 1 N–H and O–H groups in total. The first-order valence-electron chi connectivity index (χ1n) is 3.20. The molecule has 0 saturated heterocycles. The van der Waals surface area contributed by atoms with E-state index >= 15 is 0 Å². The zero-order valence-electron chi connectivity index (χ0n) is 6.26. The Bertz CT molecular complexity index is 105. The maximum atomic E-state index is 6.66. The Kier molecular flexibility index (Phi) is 3.93. The topological polar surface area (TPSA) is 36.2 Å². The molecule has 1 unspecified atom stereocenters. The van der Waals surface area contributed by atoms with Crippen LogP contribution in [0.2, 0.25) is 0 Å². The SMILES string of the molecule is CC(C)C(C)N=CC=N. The lowest BCUT2D eigenvalue weighted by atomic mass is 10.1. The van der Waals surface area contributed by atoms with Crippen LogP contribution in [-0.2, 0) is 0 Å². The van der Waals surface area contributed by atoms with Crippen molar-refractivity contribution in [2.75, 3.05) is 0 Å². The summed E-state index contributed by atoms with van der Waals surface area (Å²) in [6.45, 7) is 6.28. The minimum absolute atomic E-state index is 0.339. The zero-order valence-corrected chi connectivity index (χ0v) is 6.26. The molecule has 0 radical (unpaired) electrons. The fourth-order valence-electron chi connectivity index (χ4n) is 0.351. The van der Waals surface area contributed by atoms with Crippen LogP contribution in [0.5, 0.6) is 0 Å². The highest BCUT2D eigenvalue weighted by Crippen LogP contribution is 2.02. The number of hydrogen-bond acceptors (Lipinski definition) is 2. The van der Waals surface area contributed by atoms with E-state index in [1.54, 1.807) is 0 Å². The number of nitrogens with zero attached hydrogens (tertiary/aromatic N) is 1. The Morgan fingerprint density at radius 3 is 2.22 bits per heavy atom. The predicted molar refractivity (Wildman–Crippen MR) is 41.6 cm³/mol. The van der Waals surface area contributed by atoms with Gasteiger partial charge in [0, 0.05) is 18.5 Å². The van der Waals surface area contributed by atoms with Gasteiger partial charge >= 0.3 is 0 Å². The molecule has 0 aliphatic rings. The monoisotopic (exact) mass is 126 g/mol. The summed E-state index contributed by atoms with van der Waals surface area (Å²) in [4.78, 5) is 4.07.